The third-order valence-corrected chi connectivity index (χ3v) is 22.6. The van der Waals surface area contributed by atoms with Crippen molar-refractivity contribution < 1.29 is 49.5 Å². The first-order valence-electron chi connectivity index (χ1n) is 36.3. The van der Waals surface area contributed by atoms with Crippen LogP contribution >= 0.6 is 0 Å². The average molecular weight is 1520 g/mol. The van der Waals surface area contributed by atoms with Crippen LogP contribution in [0.2, 0.25) is 0 Å². The third-order valence-electron chi connectivity index (χ3n) is 19.6. The maximum absolute atomic E-state index is 14.8. The summed E-state index contributed by atoms with van der Waals surface area (Å²) in [6, 6.07) is 37.6. The number of aromatic hydroxyl groups is 3. The molecule has 3 saturated heterocycles. The fraction of sp³-hybridized carbons (Fsp3) is 0.400. The molecule has 0 spiro atoms. The molecule has 27 heteroatoms. The predicted molar refractivity (Wildman–Crippen MR) is 411 cm³/mol. The first kappa shape index (κ1) is 81.0. The number of nitrogens with one attached hydrogen (secondary N) is 3. The summed E-state index contributed by atoms with van der Waals surface area (Å²) in [5, 5.41) is 45.2. The molecule has 8 N–H and O–H groups in total. The van der Waals surface area contributed by atoms with Crippen molar-refractivity contribution in [1.82, 2.24) is 60.6 Å². The molecule has 0 amide bonds. The molecule has 0 bridgehead atoms. The predicted octanol–water partition coefficient (Wildman–Crippen LogP) is 10.8. The number of phenols is 3. The van der Waals surface area contributed by atoms with Crippen molar-refractivity contribution in [1.29, 1.82) is 0 Å². The summed E-state index contributed by atoms with van der Waals surface area (Å²) in [6.45, 7) is 21.0. The van der Waals surface area contributed by atoms with Crippen molar-refractivity contribution >= 4 is 30.7 Å². The van der Waals surface area contributed by atoms with E-state index >= 15 is 0 Å². The Morgan fingerprint density at radius 1 is 0.449 bits per heavy atom. The third kappa shape index (κ3) is 23.0. The maximum Gasteiger partial charge on any atom is 0.241 e. The van der Waals surface area contributed by atoms with Crippen molar-refractivity contribution in [3.8, 4) is 51.0 Å². The van der Waals surface area contributed by atoms with Crippen LogP contribution in [0.1, 0.15) is 112 Å². The molecule has 3 aliphatic heterocycles. The summed E-state index contributed by atoms with van der Waals surface area (Å²) in [7, 11) is -8.72. The summed E-state index contributed by atoms with van der Waals surface area (Å²) in [5.41, 5.74) is 8.81. The van der Waals surface area contributed by atoms with Gasteiger partial charge in [0, 0.05) is 162 Å². The van der Waals surface area contributed by atoms with Gasteiger partial charge in [-0.25, -0.2) is 65.0 Å². The number of aryl methyl sites for hydroxylation is 6. The Bertz CT molecular complexity index is 4820. The van der Waals surface area contributed by atoms with Gasteiger partial charge in [0.2, 0.25) is 10.0 Å². The quantitative estimate of drug-likeness (QED) is 0.0296. The van der Waals surface area contributed by atoms with E-state index < -0.39 is 30.7 Å². The number of hydrogen-bond donors (Lipinski definition) is 7. The van der Waals surface area contributed by atoms with Gasteiger partial charge in [0.05, 0.1) is 32.8 Å². The molecule has 3 aromatic heterocycles. The number of phenolic OH excluding ortho intramolecular Hbond substituents is 3. The zero-order valence-corrected chi connectivity index (χ0v) is 64.3. The molecule has 0 aliphatic carbocycles. The molecular formula is C80H98F3N13O8S3. The molecule has 12 rings (SSSR count). The van der Waals surface area contributed by atoms with Crippen LogP contribution in [-0.4, -0.2) is 169 Å². The van der Waals surface area contributed by atoms with Crippen molar-refractivity contribution in [3.05, 3.63) is 214 Å². The number of benzene rings is 6. The van der Waals surface area contributed by atoms with Gasteiger partial charge in [-0.15, -0.1) is 0 Å². The fourth-order valence-electron chi connectivity index (χ4n) is 13.5. The van der Waals surface area contributed by atoms with Gasteiger partial charge < -0.3 is 31.3 Å². The SMILES string of the molecule is C[C@H]1CN(Cc2ccc(F)c(-c3ccnc(CCCc4ccc(O)c(S(C)(=O)=O)c4)n3)c2)[C@@H](C)CN1.C[C@H]1CN(Cc2ccc(F)c(-c3ccnc(CCCc4ccc(O)c(S(C)=O)c4)n3)c2)[C@@H](C)CN1.C[C@H]1CN(Cc2ccc(F)c(-c3ccnc(CCCc4ccc(S(N)(=O)=O)c(O)c4)n3)c2)[C@@H](C)CN1. The van der Waals surface area contributed by atoms with Crippen molar-refractivity contribution in [2.45, 2.75) is 170 Å². The largest absolute Gasteiger partial charge is 0.507 e. The number of aromatic nitrogens is 6. The van der Waals surface area contributed by atoms with Crippen LogP contribution in [-0.2, 0) is 88.8 Å². The highest BCUT2D eigenvalue weighted by atomic mass is 32.2. The lowest BCUT2D eigenvalue weighted by molar-refractivity contribution is 0.139. The van der Waals surface area contributed by atoms with E-state index in [1.807, 2.05) is 42.5 Å². The van der Waals surface area contributed by atoms with E-state index in [4.69, 9.17) is 5.14 Å². The van der Waals surface area contributed by atoms with E-state index in [-0.39, 0.29) is 44.5 Å². The number of sulfone groups is 1. The van der Waals surface area contributed by atoms with E-state index in [9.17, 15) is 49.5 Å². The van der Waals surface area contributed by atoms with E-state index in [2.05, 4.69) is 102 Å². The second-order valence-corrected chi connectivity index (χ2v) is 33.4. The Morgan fingerprint density at radius 3 is 1.15 bits per heavy atom. The Kier molecular flexibility index (Phi) is 28.1. The zero-order chi connectivity index (χ0) is 76.7. The minimum absolute atomic E-state index is 0.0517. The topological polar surface area (TPSA) is 295 Å². The summed E-state index contributed by atoms with van der Waals surface area (Å²) >= 11 is 0. The van der Waals surface area contributed by atoms with E-state index in [0.717, 1.165) is 111 Å². The number of hydrogen-bond acceptors (Lipinski definition) is 20. The van der Waals surface area contributed by atoms with Crippen molar-refractivity contribution in [2.75, 3.05) is 51.8 Å². The van der Waals surface area contributed by atoms with Gasteiger partial charge in [0.25, 0.3) is 0 Å². The molecule has 570 valence electrons. The Morgan fingerprint density at radius 2 is 0.794 bits per heavy atom. The second kappa shape index (κ2) is 37.1. The molecule has 7 atom stereocenters. The van der Waals surface area contributed by atoms with Crippen LogP contribution in [0, 0.1) is 17.5 Å². The minimum Gasteiger partial charge on any atom is -0.507 e. The number of nitrogens with two attached hydrogens (primary N) is 1. The molecule has 3 aliphatic rings. The normalized spacial score (nSPS) is 19.1. The van der Waals surface area contributed by atoms with E-state index in [1.54, 1.807) is 67.3 Å². The molecule has 3 fully saturated rings. The molecule has 1 unspecified atom stereocenters. The first-order chi connectivity index (χ1) is 51.0. The second-order valence-electron chi connectivity index (χ2n) is 28.5. The first-order valence-corrected chi connectivity index (χ1v) is 41.3. The summed E-state index contributed by atoms with van der Waals surface area (Å²) in [4.78, 5) is 34.2. The van der Waals surface area contributed by atoms with Gasteiger partial charge in [-0.05, 0) is 204 Å². The highest BCUT2D eigenvalue weighted by molar-refractivity contribution is 7.90. The Hall–Kier alpha value is -8.48. The maximum atomic E-state index is 14.8. The molecule has 6 heterocycles. The van der Waals surface area contributed by atoms with Gasteiger partial charge in [-0.2, -0.15) is 0 Å². The number of halogens is 3. The summed E-state index contributed by atoms with van der Waals surface area (Å²) < 4.78 is 103. The lowest BCUT2D eigenvalue weighted by Crippen LogP contribution is -2.53. The summed E-state index contributed by atoms with van der Waals surface area (Å²) in [5.74, 6) is 0.361. The highest BCUT2D eigenvalue weighted by Gasteiger charge is 2.27. The minimum atomic E-state index is -3.97. The molecular weight excluding hydrogens is 1420 g/mol. The molecule has 0 saturated carbocycles. The van der Waals surface area contributed by atoms with Crippen molar-refractivity contribution in [3.63, 3.8) is 0 Å². The zero-order valence-electron chi connectivity index (χ0n) is 61.9. The van der Waals surface area contributed by atoms with Gasteiger partial charge in [0.15, 0.2) is 9.84 Å². The molecule has 0 radical (unpaired) electrons. The lowest BCUT2D eigenvalue weighted by atomic mass is 10.0. The Labute approximate surface area is 629 Å². The number of sulfonamides is 1. The summed E-state index contributed by atoms with van der Waals surface area (Å²) in [6.07, 6.45) is 13.4. The highest BCUT2D eigenvalue weighted by Crippen LogP contribution is 2.31. The van der Waals surface area contributed by atoms with Gasteiger partial charge in [0.1, 0.15) is 62.0 Å². The number of primary sulfonamides is 1. The van der Waals surface area contributed by atoms with Crippen LogP contribution in [0.4, 0.5) is 13.2 Å². The number of rotatable bonds is 24. The molecule has 21 nitrogen and oxygen atoms in total. The van der Waals surface area contributed by atoms with E-state index in [0.29, 0.717) is 137 Å². The monoisotopic (exact) mass is 1520 g/mol. The average Bonchev–Trinajstić information content (AvgIpc) is 0.825. The molecule has 107 heavy (non-hydrogen) atoms. The lowest BCUT2D eigenvalue weighted by Gasteiger charge is -2.37. The van der Waals surface area contributed by atoms with Crippen LogP contribution in [0.25, 0.3) is 33.8 Å². The van der Waals surface area contributed by atoms with E-state index in [1.165, 1.54) is 42.5 Å². The van der Waals surface area contributed by atoms with Crippen LogP contribution in [0.3, 0.4) is 0 Å². The molecule has 6 aromatic carbocycles. The van der Waals surface area contributed by atoms with Gasteiger partial charge >= 0.3 is 0 Å². The molecule has 9 aromatic rings. The van der Waals surface area contributed by atoms with Crippen LogP contribution in [0.15, 0.2) is 161 Å². The van der Waals surface area contributed by atoms with Gasteiger partial charge in [-0.1, -0.05) is 36.4 Å². The fourth-order valence-corrected chi connectivity index (χ4v) is 15.6. The smallest absolute Gasteiger partial charge is 0.241 e. The van der Waals surface area contributed by atoms with Gasteiger partial charge in [-0.3, -0.25) is 18.9 Å². The number of piperazine rings is 3. The van der Waals surface area contributed by atoms with Crippen LogP contribution in [0.5, 0.6) is 17.2 Å². The standard InChI is InChI=1S/C27H33FN4O3S.C27H33FN4O2S.C26H32FN5O3S/c1-18-16-32(19(2)15-30-18)17-21-7-9-23(28)22(13-21)24-11-12-29-27(31-24)6-4-5-20-8-10-25(33)26(14-20)36(3,34)35;1-18-16-32(19(2)15-30-18)17-21-7-9-23(28)22(13-21)24-11-12-29-27(31-24)6-4-5-20-8-10-25(33)26(14-20)35(3)34;1-17-15-32(18(2)14-30-17)16-20-6-8-22(27)21(12-20)23-10-11-29-26(31-23)5-3-4-19-7-9-25(24(33)13-19)36(28,34)35/h7-14,18-19,30,33H,4-6,15-17H2,1-3H3;7-14,18-19,30,33H,4-6,15-17H2,1-3H3;6-13,17-18,30,33H,3-5,14-16H2,1-2H3,(H2,28,34,35)/t18-,19-;18-,19-,35?;17-,18-/m000/s1. The number of nitrogens with zero attached hydrogens (tertiary/aromatic N) is 9. The van der Waals surface area contributed by atoms with Crippen LogP contribution < -0.4 is 21.1 Å². The van der Waals surface area contributed by atoms with Crippen molar-refractivity contribution in [2.24, 2.45) is 5.14 Å². The Balaban J connectivity index is 0.000000172.